The van der Waals surface area contributed by atoms with Crippen LogP contribution in [0, 0.1) is 5.92 Å². The minimum atomic E-state index is -0.0507. The molecular weight excluding hydrogens is 366 g/mol. The van der Waals surface area contributed by atoms with Crippen LogP contribution in [0.4, 0.5) is 4.79 Å². The van der Waals surface area contributed by atoms with Crippen molar-refractivity contribution in [1.29, 1.82) is 0 Å². The molecule has 1 saturated carbocycles. The maximum Gasteiger partial charge on any atom is 0.344 e. The number of benzene rings is 1. The van der Waals surface area contributed by atoms with Crippen molar-refractivity contribution < 1.29 is 14.2 Å². The predicted molar refractivity (Wildman–Crippen MR) is 108 cm³/mol. The summed E-state index contributed by atoms with van der Waals surface area (Å²) < 4.78 is 5.66. The lowest BCUT2D eigenvalue weighted by Crippen LogP contribution is -2.34. The van der Waals surface area contributed by atoms with Crippen molar-refractivity contribution in [1.82, 2.24) is 15.1 Å². The van der Waals surface area contributed by atoms with Gasteiger partial charge >= 0.3 is 6.03 Å². The van der Waals surface area contributed by atoms with Gasteiger partial charge in [-0.2, -0.15) is 5.06 Å². The average molecular weight is 396 g/mol. The molecule has 1 aromatic carbocycles. The van der Waals surface area contributed by atoms with Gasteiger partial charge in [0.05, 0.1) is 12.1 Å². The number of urea groups is 1. The predicted octanol–water partition coefficient (Wildman–Crippen LogP) is 4.87. The number of carbonyl (C=O) groups excluding carboxylic acids is 1. The summed E-state index contributed by atoms with van der Waals surface area (Å²) >= 11 is 0. The Morgan fingerprint density at radius 3 is 2.72 bits per heavy atom. The molecule has 1 aliphatic carbocycles. The molecule has 3 aliphatic rings. The summed E-state index contributed by atoms with van der Waals surface area (Å²) in [5.41, 5.74) is 1.96. The molecular formula is C23H29N3O3. The van der Waals surface area contributed by atoms with Crippen LogP contribution in [0.3, 0.4) is 0 Å². The molecule has 3 fully saturated rings. The highest BCUT2D eigenvalue weighted by molar-refractivity contribution is 5.77. The normalized spacial score (nSPS) is 25.0. The van der Waals surface area contributed by atoms with E-state index >= 15 is 0 Å². The van der Waals surface area contributed by atoms with E-state index in [-0.39, 0.29) is 18.1 Å². The molecule has 2 aliphatic heterocycles. The van der Waals surface area contributed by atoms with Gasteiger partial charge in [0.25, 0.3) is 0 Å². The van der Waals surface area contributed by atoms with E-state index in [2.05, 4.69) is 11.2 Å². The Bertz CT molecular complexity index is 831. The summed E-state index contributed by atoms with van der Waals surface area (Å²) in [6, 6.07) is 12.1. The molecule has 2 amide bonds. The number of fused-ring (bicyclic) bond motifs is 2. The number of hydrogen-bond acceptors (Lipinski definition) is 4. The molecule has 5 rings (SSSR count). The lowest BCUT2D eigenvalue weighted by molar-refractivity contribution is -0.140. The average Bonchev–Trinajstić information content (AvgIpc) is 3.32. The van der Waals surface area contributed by atoms with Gasteiger partial charge in [-0.15, -0.1) is 0 Å². The van der Waals surface area contributed by atoms with Gasteiger partial charge in [0.15, 0.2) is 0 Å². The molecule has 2 saturated heterocycles. The van der Waals surface area contributed by atoms with Gasteiger partial charge in [-0.05, 0) is 24.3 Å². The number of hydroxylamine groups is 2. The van der Waals surface area contributed by atoms with Crippen LogP contribution in [0.2, 0.25) is 0 Å². The quantitative estimate of drug-likeness (QED) is 0.700. The molecule has 2 aromatic rings. The highest BCUT2D eigenvalue weighted by atomic mass is 16.7. The fourth-order valence-corrected chi connectivity index (χ4v) is 5.08. The zero-order valence-corrected chi connectivity index (χ0v) is 16.8. The van der Waals surface area contributed by atoms with Crippen molar-refractivity contribution in [3.8, 4) is 0 Å². The van der Waals surface area contributed by atoms with E-state index in [1.165, 1.54) is 32.1 Å². The van der Waals surface area contributed by atoms with Crippen LogP contribution in [-0.4, -0.2) is 33.7 Å². The van der Waals surface area contributed by atoms with Gasteiger partial charge in [-0.25, -0.2) is 4.79 Å². The third-order valence-electron chi connectivity index (χ3n) is 6.67. The Labute approximate surface area is 171 Å². The standard InChI is InChI=1S/C23H29N3O3/c27-23-25-15-19(26(23)28-16-18-9-5-2-6-10-18)11-12-22(25)21-14-20(29-24-21)13-17-7-3-1-4-8-17/h2,5-6,9-10,14,17,19,22H,1,3-4,7-8,11-13,15-16H2/t19-,22+/m1/s1. The Hall–Kier alpha value is -2.34. The molecule has 6 heteroatoms. The number of carbonyl (C=O) groups is 1. The van der Waals surface area contributed by atoms with Crippen molar-refractivity contribution in [3.63, 3.8) is 0 Å². The van der Waals surface area contributed by atoms with Crippen molar-refractivity contribution in [2.24, 2.45) is 5.92 Å². The summed E-state index contributed by atoms with van der Waals surface area (Å²) in [6.45, 7) is 1.11. The van der Waals surface area contributed by atoms with E-state index in [4.69, 9.17) is 9.36 Å². The molecule has 6 nitrogen and oxygen atoms in total. The van der Waals surface area contributed by atoms with E-state index < -0.39 is 0 Å². The highest BCUT2D eigenvalue weighted by Gasteiger charge is 2.46. The van der Waals surface area contributed by atoms with Gasteiger partial charge in [-0.3, -0.25) is 4.84 Å². The molecule has 2 bridgehead atoms. The molecule has 0 spiro atoms. The van der Waals surface area contributed by atoms with Crippen LogP contribution in [0.15, 0.2) is 40.9 Å². The van der Waals surface area contributed by atoms with Crippen molar-refractivity contribution in [2.45, 2.75) is 70.1 Å². The second kappa shape index (κ2) is 8.19. The Balaban J connectivity index is 1.23. The number of aromatic nitrogens is 1. The topological polar surface area (TPSA) is 58.8 Å². The van der Waals surface area contributed by atoms with Crippen LogP contribution in [0.5, 0.6) is 0 Å². The fourth-order valence-electron chi connectivity index (χ4n) is 5.08. The second-order valence-corrected chi connectivity index (χ2v) is 8.69. The Morgan fingerprint density at radius 2 is 1.90 bits per heavy atom. The summed E-state index contributed by atoms with van der Waals surface area (Å²) in [4.78, 5) is 20.8. The van der Waals surface area contributed by atoms with Gasteiger partial charge in [0, 0.05) is 19.0 Å². The molecule has 154 valence electrons. The van der Waals surface area contributed by atoms with E-state index in [0.29, 0.717) is 13.2 Å². The minimum absolute atomic E-state index is 0.00655. The molecule has 1 aromatic heterocycles. The second-order valence-electron chi connectivity index (χ2n) is 8.69. The molecule has 29 heavy (non-hydrogen) atoms. The Kier molecular flexibility index (Phi) is 5.27. The fraction of sp³-hybridized carbons (Fsp3) is 0.565. The summed E-state index contributed by atoms with van der Waals surface area (Å²) in [7, 11) is 0. The van der Waals surface area contributed by atoms with Gasteiger partial charge < -0.3 is 9.42 Å². The molecule has 3 heterocycles. The summed E-state index contributed by atoms with van der Waals surface area (Å²) in [5, 5.41) is 5.93. The highest BCUT2D eigenvalue weighted by Crippen LogP contribution is 2.38. The zero-order chi connectivity index (χ0) is 19.6. The largest absolute Gasteiger partial charge is 0.361 e. The maximum atomic E-state index is 13.0. The number of hydrogen-bond donors (Lipinski definition) is 0. The first-order valence-electron chi connectivity index (χ1n) is 11.0. The number of piperidine rings is 1. The third-order valence-corrected chi connectivity index (χ3v) is 6.67. The van der Waals surface area contributed by atoms with Crippen LogP contribution in [0.1, 0.15) is 68.0 Å². The van der Waals surface area contributed by atoms with Gasteiger partial charge in [0.1, 0.15) is 18.1 Å². The summed E-state index contributed by atoms with van der Waals surface area (Å²) in [5.74, 6) is 1.69. The van der Waals surface area contributed by atoms with Crippen molar-refractivity contribution in [2.75, 3.05) is 6.54 Å². The monoisotopic (exact) mass is 395 g/mol. The lowest BCUT2D eigenvalue weighted by atomic mass is 9.86. The first-order valence-corrected chi connectivity index (χ1v) is 11.0. The Morgan fingerprint density at radius 1 is 1.07 bits per heavy atom. The van der Waals surface area contributed by atoms with E-state index in [1.54, 1.807) is 5.06 Å². The molecule has 0 unspecified atom stereocenters. The van der Waals surface area contributed by atoms with Gasteiger partial charge in [-0.1, -0.05) is 67.6 Å². The van der Waals surface area contributed by atoms with Crippen molar-refractivity contribution >= 4 is 6.03 Å². The number of nitrogens with zero attached hydrogens (tertiary/aromatic N) is 3. The van der Waals surface area contributed by atoms with Crippen LogP contribution < -0.4 is 0 Å². The minimum Gasteiger partial charge on any atom is -0.361 e. The SMILES string of the molecule is O=C1N2C[C@@H](CC[C@H]2c2cc(CC3CCCCC3)on2)N1OCc1ccccc1. The van der Waals surface area contributed by atoms with Crippen LogP contribution in [0.25, 0.3) is 0 Å². The first kappa shape index (κ1) is 18.7. The molecule has 0 N–H and O–H groups in total. The smallest absolute Gasteiger partial charge is 0.344 e. The van der Waals surface area contributed by atoms with Crippen molar-refractivity contribution in [3.05, 3.63) is 53.4 Å². The molecule has 2 atom stereocenters. The van der Waals surface area contributed by atoms with Crippen LogP contribution >= 0.6 is 0 Å². The van der Waals surface area contributed by atoms with E-state index in [0.717, 1.165) is 42.2 Å². The number of rotatable bonds is 6. The van der Waals surface area contributed by atoms with Gasteiger partial charge in [0.2, 0.25) is 0 Å². The van der Waals surface area contributed by atoms with Crippen LogP contribution in [-0.2, 0) is 17.9 Å². The van der Waals surface area contributed by atoms with E-state index in [1.807, 2.05) is 35.2 Å². The maximum absolute atomic E-state index is 13.0. The lowest BCUT2D eigenvalue weighted by Gasteiger charge is -2.28. The number of amides is 2. The zero-order valence-electron chi connectivity index (χ0n) is 16.8. The third kappa shape index (κ3) is 3.90. The summed E-state index contributed by atoms with van der Waals surface area (Å²) in [6.07, 6.45) is 9.40. The molecule has 0 radical (unpaired) electrons. The van der Waals surface area contributed by atoms with E-state index in [9.17, 15) is 4.79 Å². The first-order chi connectivity index (χ1) is 14.3.